The number of nitriles is 1. The lowest BCUT2D eigenvalue weighted by atomic mass is 10.0. The molecule has 0 unspecified atom stereocenters. The van der Waals surface area contributed by atoms with Crippen molar-refractivity contribution in [2.45, 2.75) is 19.4 Å². The first-order chi connectivity index (χ1) is 19.5. The number of nitrogens with zero attached hydrogens (tertiary/aromatic N) is 4. The molecule has 2 aromatic heterocycles. The number of benzene rings is 3. The zero-order valence-electron chi connectivity index (χ0n) is 21.6. The first-order valence-corrected chi connectivity index (χ1v) is 12.8. The lowest BCUT2D eigenvalue weighted by molar-refractivity contribution is 0.0950. The molecule has 5 rings (SSSR count). The SMILES string of the molecule is N#Cc1cccc(Cn2cc(-c3ccnc(CCCNC(=O)c4ccccc4O)c3)c(-c3ccc(F)cc3)n2)c1. The summed E-state index contributed by atoms with van der Waals surface area (Å²) in [5.41, 5.74) is 5.91. The topological polar surface area (TPSA) is 104 Å². The van der Waals surface area contributed by atoms with Crippen molar-refractivity contribution in [2.75, 3.05) is 6.54 Å². The number of hydrogen-bond acceptors (Lipinski definition) is 5. The van der Waals surface area contributed by atoms with E-state index in [9.17, 15) is 19.6 Å². The summed E-state index contributed by atoms with van der Waals surface area (Å²) in [6.45, 7) is 0.901. The van der Waals surface area contributed by atoms with Crippen molar-refractivity contribution < 1.29 is 14.3 Å². The molecule has 40 heavy (non-hydrogen) atoms. The molecule has 198 valence electrons. The maximum Gasteiger partial charge on any atom is 0.255 e. The van der Waals surface area contributed by atoms with Gasteiger partial charge in [0.2, 0.25) is 0 Å². The predicted molar refractivity (Wildman–Crippen MR) is 150 cm³/mol. The smallest absolute Gasteiger partial charge is 0.255 e. The van der Waals surface area contributed by atoms with E-state index in [1.54, 1.807) is 42.6 Å². The van der Waals surface area contributed by atoms with Crippen molar-refractivity contribution in [3.8, 4) is 34.2 Å². The predicted octanol–water partition coefficient (Wildman–Crippen LogP) is 5.74. The Balaban J connectivity index is 1.35. The summed E-state index contributed by atoms with van der Waals surface area (Å²) < 4.78 is 15.5. The normalized spacial score (nSPS) is 10.7. The molecule has 1 amide bonds. The van der Waals surface area contributed by atoms with Gasteiger partial charge in [-0.1, -0.05) is 24.3 Å². The minimum absolute atomic E-state index is 0.0513. The van der Waals surface area contributed by atoms with Gasteiger partial charge in [-0.25, -0.2) is 4.39 Å². The second-order valence-corrected chi connectivity index (χ2v) is 9.32. The van der Waals surface area contributed by atoms with E-state index in [2.05, 4.69) is 16.4 Å². The molecule has 8 heteroatoms. The molecule has 3 aromatic carbocycles. The molecule has 0 bridgehead atoms. The van der Waals surface area contributed by atoms with Gasteiger partial charge in [-0.15, -0.1) is 0 Å². The van der Waals surface area contributed by atoms with Crippen LogP contribution in [-0.4, -0.2) is 32.3 Å². The third-order valence-corrected chi connectivity index (χ3v) is 6.45. The van der Waals surface area contributed by atoms with Crippen molar-refractivity contribution in [3.05, 3.63) is 126 Å². The quantitative estimate of drug-likeness (QED) is 0.236. The van der Waals surface area contributed by atoms with Crippen molar-refractivity contribution >= 4 is 5.91 Å². The van der Waals surface area contributed by atoms with E-state index in [-0.39, 0.29) is 23.0 Å². The van der Waals surface area contributed by atoms with E-state index in [4.69, 9.17) is 5.10 Å². The summed E-state index contributed by atoms with van der Waals surface area (Å²) in [6, 6.07) is 26.1. The average molecular weight is 532 g/mol. The van der Waals surface area contributed by atoms with Gasteiger partial charge in [0.05, 0.1) is 23.7 Å². The number of aromatic hydroxyl groups is 1. The van der Waals surface area contributed by atoms with Crippen LogP contribution < -0.4 is 5.32 Å². The Bertz CT molecular complexity index is 1690. The van der Waals surface area contributed by atoms with Crippen LogP contribution in [0.4, 0.5) is 4.39 Å². The van der Waals surface area contributed by atoms with Gasteiger partial charge < -0.3 is 10.4 Å². The molecule has 0 aliphatic carbocycles. The Morgan fingerprint density at radius 3 is 2.62 bits per heavy atom. The highest BCUT2D eigenvalue weighted by molar-refractivity contribution is 5.96. The maximum atomic E-state index is 13.7. The molecular weight excluding hydrogens is 505 g/mol. The molecule has 0 atom stereocenters. The average Bonchev–Trinajstić information content (AvgIpc) is 3.39. The van der Waals surface area contributed by atoms with Crippen molar-refractivity contribution in [1.29, 1.82) is 5.26 Å². The fourth-order valence-corrected chi connectivity index (χ4v) is 4.48. The molecule has 0 radical (unpaired) electrons. The van der Waals surface area contributed by atoms with Crippen molar-refractivity contribution in [3.63, 3.8) is 0 Å². The van der Waals surface area contributed by atoms with E-state index < -0.39 is 0 Å². The summed E-state index contributed by atoms with van der Waals surface area (Å²) in [7, 11) is 0. The number of halogens is 1. The summed E-state index contributed by atoms with van der Waals surface area (Å²) in [5, 5.41) is 26.8. The zero-order valence-corrected chi connectivity index (χ0v) is 21.6. The van der Waals surface area contributed by atoms with Crippen molar-refractivity contribution in [1.82, 2.24) is 20.1 Å². The Morgan fingerprint density at radius 2 is 1.82 bits per heavy atom. The van der Waals surface area contributed by atoms with Gasteiger partial charge in [0.15, 0.2) is 0 Å². The van der Waals surface area contributed by atoms with Crippen LogP contribution in [0.1, 0.15) is 33.6 Å². The Kier molecular flexibility index (Phi) is 7.93. The first kappa shape index (κ1) is 26.3. The monoisotopic (exact) mass is 531 g/mol. The zero-order chi connectivity index (χ0) is 27.9. The van der Waals surface area contributed by atoms with E-state index in [1.165, 1.54) is 18.2 Å². The lowest BCUT2D eigenvalue weighted by Crippen LogP contribution is -2.24. The number of carbonyl (C=O) groups excluding carboxylic acids is 1. The highest BCUT2D eigenvalue weighted by atomic mass is 19.1. The molecule has 7 nitrogen and oxygen atoms in total. The molecular formula is C32H26FN5O2. The minimum Gasteiger partial charge on any atom is -0.507 e. The molecule has 0 aliphatic rings. The van der Waals surface area contributed by atoms with Gasteiger partial charge in [0.25, 0.3) is 5.91 Å². The number of rotatable bonds is 9. The Hall–Kier alpha value is -5.29. The van der Waals surface area contributed by atoms with Gasteiger partial charge >= 0.3 is 0 Å². The number of phenols is 1. The standard InChI is InChI=1S/C32H26FN5O2/c33-26-12-10-24(11-13-26)31-29(21-38(37-31)20-23-6-3-5-22(17-23)19-34)25-14-16-35-27(18-25)7-4-15-36-32(40)28-8-1-2-9-30(28)39/h1-3,5-6,8-14,16-18,21,39H,4,7,15,20H2,(H,36,40). The molecule has 0 aliphatic heterocycles. The lowest BCUT2D eigenvalue weighted by Gasteiger charge is -2.08. The molecule has 5 aromatic rings. The van der Waals surface area contributed by atoms with Crippen LogP contribution in [0.3, 0.4) is 0 Å². The Morgan fingerprint density at radius 1 is 1.00 bits per heavy atom. The summed E-state index contributed by atoms with van der Waals surface area (Å²) in [4.78, 5) is 16.8. The number of aromatic nitrogens is 3. The molecule has 0 fully saturated rings. The largest absolute Gasteiger partial charge is 0.507 e. The summed E-state index contributed by atoms with van der Waals surface area (Å²) >= 11 is 0. The van der Waals surface area contributed by atoms with E-state index in [1.807, 2.05) is 41.2 Å². The second-order valence-electron chi connectivity index (χ2n) is 9.32. The number of amides is 1. The van der Waals surface area contributed by atoms with Gasteiger partial charge in [0.1, 0.15) is 17.3 Å². The number of hydrogen-bond donors (Lipinski definition) is 2. The van der Waals surface area contributed by atoms with E-state index >= 15 is 0 Å². The maximum absolute atomic E-state index is 13.7. The minimum atomic E-state index is -0.323. The van der Waals surface area contributed by atoms with Gasteiger partial charge in [-0.05, 0) is 84.6 Å². The number of pyridine rings is 1. The number of aryl methyl sites for hydroxylation is 1. The fourth-order valence-electron chi connectivity index (χ4n) is 4.48. The summed E-state index contributed by atoms with van der Waals surface area (Å²) in [5.74, 6) is -0.695. The highest BCUT2D eigenvalue weighted by Crippen LogP contribution is 2.32. The van der Waals surface area contributed by atoms with Crippen LogP contribution in [-0.2, 0) is 13.0 Å². The van der Waals surface area contributed by atoms with Crippen LogP contribution >= 0.6 is 0 Å². The first-order valence-electron chi connectivity index (χ1n) is 12.8. The van der Waals surface area contributed by atoms with Crippen LogP contribution in [0, 0.1) is 17.1 Å². The van der Waals surface area contributed by atoms with E-state index in [0.717, 1.165) is 27.9 Å². The third kappa shape index (κ3) is 6.22. The fraction of sp³-hybridized carbons (Fsp3) is 0.125. The number of nitrogens with one attached hydrogen (secondary N) is 1. The van der Waals surface area contributed by atoms with E-state index in [0.29, 0.717) is 37.2 Å². The third-order valence-electron chi connectivity index (χ3n) is 6.45. The molecule has 0 spiro atoms. The van der Waals surface area contributed by atoms with Gasteiger partial charge in [-0.2, -0.15) is 10.4 Å². The van der Waals surface area contributed by atoms with Crippen LogP contribution in [0.15, 0.2) is 97.3 Å². The number of phenolic OH excluding ortho intramolecular Hbond substituents is 1. The van der Waals surface area contributed by atoms with Crippen LogP contribution in [0.25, 0.3) is 22.4 Å². The van der Waals surface area contributed by atoms with Crippen LogP contribution in [0.2, 0.25) is 0 Å². The molecule has 2 heterocycles. The number of carbonyl (C=O) groups is 1. The Labute approximate surface area is 231 Å². The molecule has 2 N–H and O–H groups in total. The van der Waals surface area contributed by atoms with Crippen molar-refractivity contribution in [2.24, 2.45) is 0 Å². The summed E-state index contributed by atoms with van der Waals surface area (Å²) in [6.07, 6.45) is 4.99. The molecule has 0 saturated carbocycles. The second kappa shape index (κ2) is 12.0. The van der Waals surface area contributed by atoms with Gasteiger partial charge in [0, 0.05) is 35.8 Å². The molecule has 0 saturated heterocycles. The number of para-hydroxylation sites is 1. The van der Waals surface area contributed by atoms with Gasteiger partial charge in [-0.3, -0.25) is 14.5 Å². The van der Waals surface area contributed by atoms with Crippen LogP contribution in [0.5, 0.6) is 5.75 Å². The highest BCUT2D eigenvalue weighted by Gasteiger charge is 2.15.